The minimum Gasteiger partial charge on any atom is -0.396 e. The van der Waals surface area contributed by atoms with Crippen LogP contribution in [0, 0.1) is 11.3 Å². The Kier molecular flexibility index (Phi) is 2.23. The van der Waals surface area contributed by atoms with Gasteiger partial charge in [-0.15, -0.1) is 12.4 Å². The van der Waals surface area contributed by atoms with Gasteiger partial charge in [-0.25, -0.2) is 0 Å². The molecule has 60 valence electrons. The van der Waals surface area contributed by atoms with Gasteiger partial charge in [0, 0.05) is 19.7 Å². The standard InChI is InChI=1S/C7H13NO.ClH/c9-3-6-1-7(2-6)4-8-5-7;/h6,8-9H,1-5H2;1H. The fourth-order valence-corrected chi connectivity index (χ4v) is 2.06. The Hall–Kier alpha value is 0.210. The second kappa shape index (κ2) is 2.68. The Morgan fingerprint density at radius 2 is 2.00 bits per heavy atom. The van der Waals surface area contributed by atoms with Crippen molar-refractivity contribution in [2.75, 3.05) is 19.7 Å². The van der Waals surface area contributed by atoms with Gasteiger partial charge in [0.05, 0.1) is 0 Å². The third-order valence-corrected chi connectivity index (χ3v) is 2.70. The lowest BCUT2D eigenvalue weighted by atomic mass is 9.59. The van der Waals surface area contributed by atoms with Crippen LogP contribution in [0.1, 0.15) is 12.8 Å². The molecule has 10 heavy (non-hydrogen) atoms. The fraction of sp³-hybridized carbons (Fsp3) is 1.00. The van der Waals surface area contributed by atoms with E-state index in [1.54, 1.807) is 0 Å². The third kappa shape index (κ3) is 1.04. The molecule has 2 aliphatic rings. The van der Waals surface area contributed by atoms with Crippen molar-refractivity contribution in [3.8, 4) is 0 Å². The largest absolute Gasteiger partial charge is 0.396 e. The highest BCUT2D eigenvalue weighted by Gasteiger charge is 2.47. The van der Waals surface area contributed by atoms with Gasteiger partial charge >= 0.3 is 0 Å². The number of nitrogens with one attached hydrogen (secondary N) is 1. The van der Waals surface area contributed by atoms with Crippen LogP contribution >= 0.6 is 12.4 Å². The Labute approximate surface area is 67.4 Å². The van der Waals surface area contributed by atoms with Gasteiger partial charge in [-0.1, -0.05) is 0 Å². The van der Waals surface area contributed by atoms with E-state index in [9.17, 15) is 0 Å². The molecule has 1 spiro atoms. The van der Waals surface area contributed by atoms with Crippen molar-refractivity contribution in [1.82, 2.24) is 5.32 Å². The maximum Gasteiger partial charge on any atom is 0.0459 e. The van der Waals surface area contributed by atoms with Gasteiger partial charge in [-0.05, 0) is 24.2 Å². The van der Waals surface area contributed by atoms with Crippen LogP contribution in [-0.2, 0) is 0 Å². The average molecular weight is 164 g/mol. The molecule has 2 nitrogen and oxygen atoms in total. The van der Waals surface area contributed by atoms with Gasteiger partial charge in [-0.2, -0.15) is 0 Å². The fourth-order valence-electron chi connectivity index (χ4n) is 2.06. The first-order valence-electron chi connectivity index (χ1n) is 3.66. The van der Waals surface area contributed by atoms with Crippen LogP contribution in [0.4, 0.5) is 0 Å². The molecular weight excluding hydrogens is 150 g/mol. The lowest BCUT2D eigenvalue weighted by Crippen LogP contribution is -2.60. The van der Waals surface area contributed by atoms with Gasteiger partial charge in [0.1, 0.15) is 0 Å². The van der Waals surface area contributed by atoms with Crippen molar-refractivity contribution in [2.24, 2.45) is 11.3 Å². The maximum atomic E-state index is 8.72. The number of hydrogen-bond acceptors (Lipinski definition) is 2. The first kappa shape index (κ1) is 8.31. The molecule has 1 heterocycles. The molecule has 0 aromatic carbocycles. The number of hydrogen-bond donors (Lipinski definition) is 2. The van der Waals surface area contributed by atoms with Gasteiger partial charge in [0.15, 0.2) is 0 Å². The summed E-state index contributed by atoms with van der Waals surface area (Å²) < 4.78 is 0. The van der Waals surface area contributed by atoms with Crippen molar-refractivity contribution in [3.05, 3.63) is 0 Å². The summed E-state index contributed by atoms with van der Waals surface area (Å²) >= 11 is 0. The van der Waals surface area contributed by atoms with E-state index >= 15 is 0 Å². The van der Waals surface area contributed by atoms with Crippen LogP contribution < -0.4 is 5.32 Å². The van der Waals surface area contributed by atoms with E-state index in [2.05, 4.69) is 5.32 Å². The number of rotatable bonds is 1. The predicted molar refractivity (Wildman–Crippen MR) is 42.4 cm³/mol. The second-order valence-electron chi connectivity index (χ2n) is 3.56. The number of aliphatic hydroxyl groups is 1. The number of halogens is 1. The van der Waals surface area contributed by atoms with E-state index < -0.39 is 0 Å². The third-order valence-electron chi connectivity index (χ3n) is 2.70. The SMILES string of the molecule is Cl.OCC1CC2(CNC2)C1. The van der Waals surface area contributed by atoms with Crippen LogP contribution in [0.3, 0.4) is 0 Å². The van der Waals surface area contributed by atoms with Crippen LogP contribution in [0.2, 0.25) is 0 Å². The lowest BCUT2D eigenvalue weighted by Gasteiger charge is -2.54. The molecule has 2 rings (SSSR count). The molecule has 0 unspecified atom stereocenters. The van der Waals surface area contributed by atoms with E-state index in [1.807, 2.05) is 0 Å². The molecule has 0 radical (unpaired) electrons. The minimum absolute atomic E-state index is 0. The van der Waals surface area contributed by atoms with Crippen LogP contribution in [0.15, 0.2) is 0 Å². The monoisotopic (exact) mass is 163 g/mol. The Morgan fingerprint density at radius 3 is 2.30 bits per heavy atom. The summed E-state index contributed by atoms with van der Waals surface area (Å²) in [5.74, 6) is 0.632. The first-order chi connectivity index (χ1) is 4.35. The first-order valence-corrected chi connectivity index (χ1v) is 3.66. The van der Waals surface area contributed by atoms with Gasteiger partial charge < -0.3 is 10.4 Å². The maximum absolute atomic E-state index is 8.72. The molecule has 0 bridgehead atoms. The van der Waals surface area contributed by atoms with Crippen molar-refractivity contribution in [3.63, 3.8) is 0 Å². The zero-order chi connectivity index (χ0) is 6.32. The molecular formula is C7H14ClNO. The molecule has 0 amide bonds. The molecule has 0 atom stereocenters. The van der Waals surface area contributed by atoms with Crippen molar-refractivity contribution in [2.45, 2.75) is 12.8 Å². The second-order valence-corrected chi connectivity index (χ2v) is 3.56. The van der Waals surface area contributed by atoms with E-state index in [-0.39, 0.29) is 12.4 Å². The van der Waals surface area contributed by atoms with Crippen LogP contribution in [-0.4, -0.2) is 24.8 Å². The van der Waals surface area contributed by atoms with Crippen molar-refractivity contribution in [1.29, 1.82) is 0 Å². The zero-order valence-electron chi connectivity index (χ0n) is 5.97. The molecule has 1 saturated heterocycles. The Balaban J connectivity index is 0.000000500. The topological polar surface area (TPSA) is 32.3 Å². The van der Waals surface area contributed by atoms with E-state index in [1.165, 1.54) is 25.9 Å². The normalized spacial score (nSPS) is 28.5. The highest BCUT2D eigenvalue weighted by molar-refractivity contribution is 5.85. The summed E-state index contributed by atoms with van der Waals surface area (Å²) in [6.45, 7) is 2.80. The van der Waals surface area contributed by atoms with Gasteiger partial charge in [0.2, 0.25) is 0 Å². The molecule has 2 fully saturated rings. The summed E-state index contributed by atoms with van der Waals surface area (Å²) in [5.41, 5.74) is 0.646. The van der Waals surface area contributed by atoms with E-state index in [4.69, 9.17) is 5.11 Å². The molecule has 3 heteroatoms. The Bertz CT molecular complexity index is 117. The van der Waals surface area contributed by atoms with Gasteiger partial charge in [-0.3, -0.25) is 0 Å². The smallest absolute Gasteiger partial charge is 0.0459 e. The molecule has 1 aliphatic carbocycles. The Morgan fingerprint density at radius 1 is 1.40 bits per heavy atom. The van der Waals surface area contributed by atoms with Crippen molar-refractivity contribution < 1.29 is 5.11 Å². The highest BCUT2D eigenvalue weighted by atomic mass is 35.5. The summed E-state index contributed by atoms with van der Waals surface area (Å²) in [4.78, 5) is 0. The summed E-state index contributed by atoms with van der Waals surface area (Å²) in [6.07, 6.45) is 2.52. The predicted octanol–water partition coefficient (Wildman–Crippen LogP) is 0.400. The molecule has 0 aromatic rings. The van der Waals surface area contributed by atoms with Crippen LogP contribution in [0.25, 0.3) is 0 Å². The average Bonchev–Trinajstić information content (AvgIpc) is 1.59. The summed E-state index contributed by atoms with van der Waals surface area (Å²) in [5, 5.41) is 12.0. The minimum atomic E-state index is 0. The highest BCUT2D eigenvalue weighted by Crippen LogP contribution is 2.47. The van der Waals surface area contributed by atoms with E-state index in [0.29, 0.717) is 17.9 Å². The molecule has 2 N–H and O–H groups in total. The quantitative estimate of drug-likeness (QED) is 0.587. The lowest BCUT2D eigenvalue weighted by molar-refractivity contribution is -0.0248. The van der Waals surface area contributed by atoms with Crippen LogP contribution in [0.5, 0.6) is 0 Å². The molecule has 1 saturated carbocycles. The van der Waals surface area contributed by atoms with Crippen molar-refractivity contribution >= 4 is 12.4 Å². The zero-order valence-corrected chi connectivity index (χ0v) is 6.78. The summed E-state index contributed by atoms with van der Waals surface area (Å²) in [7, 11) is 0. The summed E-state index contributed by atoms with van der Waals surface area (Å²) in [6, 6.07) is 0. The molecule has 1 aliphatic heterocycles. The van der Waals surface area contributed by atoms with Gasteiger partial charge in [0.25, 0.3) is 0 Å². The molecule has 0 aromatic heterocycles. The number of aliphatic hydroxyl groups excluding tert-OH is 1. The van der Waals surface area contributed by atoms with E-state index in [0.717, 1.165) is 0 Å².